The Morgan fingerprint density at radius 3 is 2.95 bits per heavy atom. The van der Waals surface area contributed by atoms with E-state index in [1.54, 1.807) is 0 Å². The Hall–Kier alpha value is -2.01. The van der Waals surface area contributed by atoms with Crippen molar-refractivity contribution in [2.45, 2.75) is 32.5 Å². The van der Waals surface area contributed by atoms with Crippen LogP contribution >= 0.6 is 0 Å². The maximum absolute atomic E-state index is 5.94. The third-order valence-corrected chi connectivity index (χ3v) is 3.70. The Kier molecular flexibility index (Phi) is 4.10. The van der Waals surface area contributed by atoms with Gasteiger partial charge in [0.1, 0.15) is 12.7 Å². The second kappa shape index (κ2) is 6.18. The summed E-state index contributed by atoms with van der Waals surface area (Å²) in [6, 6.07) is 8.02. The van der Waals surface area contributed by atoms with Crippen LogP contribution in [0.3, 0.4) is 0 Å². The highest BCUT2D eigenvalue weighted by Gasteiger charge is 2.21. The lowest BCUT2D eigenvalue weighted by molar-refractivity contribution is 0.0886. The van der Waals surface area contributed by atoms with Gasteiger partial charge in [-0.2, -0.15) is 5.10 Å². The summed E-state index contributed by atoms with van der Waals surface area (Å²) < 4.78 is 13.6. The summed E-state index contributed by atoms with van der Waals surface area (Å²) in [5.74, 6) is 1.65. The number of aryl methyl sites for hydroxylation is 1. The van der Waals surface area contributed by atoms with Gasteiger partial charge in [0.05, 0.1) is 6.20 Å². The van der Waals surface area contributed by atoms with Crippen LogP contribution in [-0.2, 0) is 6.54 Å². The lowest BCUT2D eigenvalue weighted by atomic mass is 10.2. The van der Waals surface area contributed by atoms with Crippen LogP contribution in [0.4, 0.5) is 0 Å². The highest BCUT2D eigenvalue weighted by atomic mass is 16.6. The summed E-state index contributed by atoms with van der Waals surface area (Å²) in [5.41, 5.74) is 1.19. The zero-order chi connectivity index (χ0) is 14.7. The Balaban J connectivity index is 1.54. The number of para-hydroxylation sites is 2. The number of rotatable bonds is 5. The summed E-state index contributed by atoms with van der Waals surface area (Å²) >= 11 is 0. The fourth-order valence-corrected chi connectivity index (χ4v) is 2.37. The molecule has 2 heterocycles. The molecule has 1 aliphatic heterocycles. The molecular weight excluding hydrogens is 266 g/mol. The van der Waals surface area contributed by atoms with E-state index < -0.39 is 0 Å². The van der Waals surface area contributed by atoms with Crippen LogP contribution in [0, 0.1) is 0 Å². The Morgan fingerprint density at radius 1 is 1.38 bits per heavy atom. The van der Waals surface area contributed by atoms with Gasteiger partial charge in [0.2, 0.25) is 0 Å². The topological polar surface area (TPSA) is 48.3 Å². The van der Waals surface area contributed by atoms with E-state index in [0.29, 0.717) is 6.61 Å². The van der Waals surface area contributed by atoms with Crippen molar-refractivity contribution in [2.24, 2.45) is 0 Å². The minimum atomic E-state index is 0.0311. The number of hydrogen-bond donors (Lipinski definition) is 1. The molecule has 0 radical (unpaired) electrons. The molecule has 2 aromatic rings. The summed E-state index contributed by atoms with van der Waals surface area (Å²) in [4.78, 5) is 0. The molecule has 1 aromatic heterocycles. The van der Waals surface area contributed by atoms with E-state index in [1.807, 2.05) is 35.1 Å². The molecule has 0 aliphatic carbocycles. The lowest BCUT2D eigenvalue weighted by Crippen LogP contribution is -2.39. The highest BCUT2D eigenvalue weighted by Crippen LogP contribution is 2.30. The van der Waals surface area contributed by atoms with E-state index in [9.17, 15) is 0 Å². The summed E-state index contributed by atoms with van der Waals surface area (Å²) in [5, 5.41) is 7.78. The van der Waals surface area contributed by atoms with Crippen molar-refractivity contribution < 1.29 is 9.47 Å². The number of ether oxygens (including phenoxy) is 2. The molecule has 0 saturated heterocycles. The molecule has 21 heavy (non-hydrogen) atoms. The molecule has 0 amide bonds. The van der Waals surface area contributed by atoms with Gasteiger partial charge in [0, 0.05) is 30.9 Å². The van der Waals surface area contributed by atoms with Crippen LogP contribution < -0.4 is 14.8 Å². The molecule has 0 fully saturated rings. The first kappa shape index (κ1) is 13.9. The summed E-state index contributed by atoms with van der Waals surface area (Å²) in [6.07, 6.45) is 4.02. The largest absolute Gasteiger partial charge is 0.486 e. The van der Waals surface area contributed by atoms with Crippen LogP contribution in [0.1, 0.15) is 25.5 Å². The van der Waals surface area contributed by atoms with Crippen LogP contribution in [0.15, 0.2) is 36.7 Å². The third kappa shape index (κ3) is 3.19. The van der Waals surface area contributed by atoms with Gasteiger partial charge in [-0.1, -0.05) is 12.1 Å². The molecule has 0 bridgehead atoms. The molecule has 5 heteroatoms. The molecule has 1 aliphatic rings. The minimum absolute atomic E-state index is 0.0311. The number of nitrogens with zero attached hydrogens (tertiary/aromatic N) is 2. The van der Waals surface area contributed by atoms with Gasteiger partial charge in [-0.3, -0.25) is 4.68 Å². The van der Waals surface area contributed by atoms with Crippen molar-refractivity contribution in [1.82, 2.24) is 15.1 Å². The Morgan fingerprint density at radius 2 is 2.19 bits per heavy atom. The molecule has 0 spiro atoms. The first-order chi connectivity index (χ1) is 10.3. The Labute approximate surface area is 124 Å². The van der Waals surface area contributed by atoms with Gasteiger partial charge in [-0.15, -0.1) is 0 Å². The van der Waals surface area contributed by atoms with E-state index in [4.69, 9.17) is 9.47 Å². The second-order valence-corrected chi connectivity index (χ2v) is 5.26. The number of fused-ring (bicyclic) bond motifs is 1. The van der Waals surface area contributed by atoms with E-state index in [-0.39, 0.29) is 12.1 Å². The smallest absolute Gasteiger partial charge is 0.161 e. The monoisotopic (exact) mass is 287 g/mol. The maximum atomic E-state index is 5.94. The fourth-order valence-electron chi connectivity index (χ4n) is 2.37. The molecular formula is C16H21N3O2. The number of hydrogen-bond acceptors (Lipinski definition) is 4. The average molecular weight is 287 g/mol. The third-order valence-electron chi connectivity index (χ3n) is 3.70. The first-order valence-corrected chi connectivity index (χ1v) is 7.40. The van der Waals surface area contributed by atoms with Crippen molar-refractivity contribution in [3.05, 3.63) is 42.2 Å². The molecule has 112 valence electrons. The van der Waals surface area contributed by atoms with Gasteiger partial charge in [0.25, 0.3) is 0 Å². The molecule has 5 nitrogen and oxygen atoms in total. The van der Waals surface area contributed by atoms with Crippen LogP contribution in [-0.4, -0.2) is 29.0 Å². The lowest BCUT2D eigenvalue weighted by Gasteiger charge is -2.27. The number of nitrogens with one attached hydrogen (secondary N) is 1. The van der Waals surface area contributed by atoms with Crippen LogP contribution in [0.25, 0.3) is 0 Å². The zero-order valence-corrected chi connectivity index (χ0v) is 12.5. The predicted octanol–water partition coefficient (Wildman–Crippen LogP) is 2.39. The maximum Gasteiger partial charge on any atom is 0.161 e. The van der Waals surface area contributed by atoms with E-state index in [2.05, 4.69) is 30.5 Å². The van der Waals surface area contributed by atoms with Crippen molar-refractivity contribution in [3.63, 3.8) is 0 Å². The van der Waals surface area contributed by atoms with Crippen molar-refractivity contribution >= 4 is 0 Å². The zero-order valence-electron chi connectivity index (χ0n) is 12.5. The Bertz CT molecular complexity index is 597. The van der Waals surface area contributed by atoms with Crippen LogP contribution in [0.5, 0.6) is 11.5 Å². The van der Waals surface area contributed by atoms with Gasteiger partial charge < -0.3 is 14.8 Å². The molecule has 2 unspecified atom stereocenters. The van der Waals surface area contributed by atoms with E-state index >= 15 is 0 Å². The first-order valence-electron chi connectivity index (χ1n) is 7.40. The van der Waals surface area contributed by atoms with Crippen LogP contribution in [0.2, 0.25) is 0 Å². The number of benzene rings is 1. The fraction of sp³-hybridized carbons (Fsp3) is 0.438. The quantitative estimate of drug-likeness (QED) is 0.917. The normalized spacial score (nSPS) is 18.5. The second-order valence-electron chi connectivity index (χ2n) is 5.26. The number of aromatic nitrogens is 2. The standard InChI is InChI=1S/C16H21N3O2/c1-3-19-10-13(8-18-19)12(2)17-9-14-11-20-15-6-4-5-7-16(15)21-14/h4-8,10,12,14,17H,3,9,11H2,1-2H3. The molecule has 3 rings (SSSR count). The predicted molar refractivity (Wildman–Crippen MR) is 80.7 cm³/mol. The van der Waals surface area contributed by atoms with Crippen molar-refractivity contribution in [3.8, 4) is 11.5 Å². The summed E-state index contributed by atoms with van der Waals surface area (Å²) in [6.45, 7) is 6.43. The van der Waals surface area contributed by atoms with E-state index in [1.165, 1.54) is 5.56 Å². The van der Waals surface area contributed by atoms with Gasteiger partial charge in [-0.25, -0.2) is 0 Å². The van der Waals surface area contributed by atoms with E-state index in [0.717, 1.165) is 24.6 Å². The van der Waals surface area contributed by atoms with Gasteiger partial charge >= 0.3 is 0 Å². The minimum Gasteiger partial charge on any atom is -0.486 e. The van der Waals surface area contributed by atoms with Crippen molar-refractivity contribution in [1.29, 1.82) is 0 Å². The van der Waals surface area contributed by atoms with Gasteiger partial charge in [-0.05, 0) is 26.0 Å². The molecule has 1 aromatic carbocycles. The van der Waals surface area contributed by atoms with Gasteiger partial charge in [0.15, 0.2) is 11.5 Å². The molecule has 2 atom stereocenters. The molecule has 1 N–H and O–H groups in total. The molecule has 0 saturated carbocycles. The van der Waals surface area contributed by atoms with Crippen molar-refractivity contribution in [2.75, 3.05) is 13.2 Å². The summed E-state index contributed by atoms with van der Waals surface area (Å²) in [7, 11) is 0. The average Bonchev–Trinajstić information content (AvgIpc) is 3.01. The highest BCUT2D eigenvalue weighted by molar-refractivity contribution is 5.40. The SMILES string of the molecule is CCn1cc(C(C)NCC2COc3ccccc3O2)cn1.